The number of pyridine rings is 1. The van der Waals surface area contributed by atoms with Crippen LogP contribution in [0.25, 0.3) is 0 Å². The van der Waals surface area contributed by atoms with E-state index in [4.69, 9.17) is 16.3 Å². The minimum atomic E-state index is -0.593. The van der Waals surface area contributed by atoms with Crippen LogP contribution in [0, 0.1) is 6.92 Å². The van der Waals surface area contributed by atoms with Gasteiger partial charge in [-0.1, -0.05) is 22.9 Å². The average molecular weight is 439 g/mol. The zero-order chi connectivity index (χ0) is 20.8. The number of carbonyl (C=O) groups is 3. The van der Waals surface area contributed by atoms with E-state index in [1.807, 2.05) is 0 Å². The monoisotopic (exact) mass is 438 g/mol. The third-order valence-electron chi connectivity index (χ3n) is 3.95. The van der Waals surface area contributed by atoms with Crippen molar-refractivity contribution in [3.05, 3.63) is 39.6 Å². The molecule has 12 heteroatoms. The van der Waals surface area contributed by atoms with Crippen LogP contribution in [0.3, 0.4) is 0 Å². The molecule has 3 rings (SSSR count). The van der Waals surface area contributed by atoms with Gasteiger partial charge >= 0.3 is 0 Å². The van der Waals surface area contributed by atoms with E-state index in [2.05, 4.69) is 31.0 Å². The van der Waals surface area contributed by atoms with Gasteiger partial charge in [-0.2, -0.15) is 0 Å². The van der Waals surface area contributed by atoms with E-state index in [0.717, 1.165) is 5.13 Å². The number of nitrogens with one attached hydrogen (secondary N) is 3. The molecule has 1 aliphatic heterocycles. The van der Waals surface area contributed by atoms with Crippen molar-refractivity contribution < 1.29 is 19.1 Å². The normalized spacial score (nSPS) is 13.7. The third-order valence-corrected chi connectivity index (χ3v) is 5.40. The Balaban J connectivity index is 1.48. The average Bonchev–Trinajstić information content (AvgIpc) is 3.12. The molecule has 1 aliphatic rings. The standard InChI is InChI=1S/C17H19ClN6O4S/c1-10-14(29-17(21-10)24-4-6-28-7-5-24)16(27)23-22-13(25)9-20-15(26)12-8-11(18)2-3-19-12/h2-3,8H,4-7,9H2,1H3,(H,20,26)(H,22,25)(H,23,27). The molecule has 0 radical (unpaired) electrons. The van der Waals surface area contributed by atoms with Gasteiger partial charge in [-0.3, -0.25) is 30.2 Å². The van der Waals surface area contributed by atoms with Crippen LogP contribution in [0.1, 0.15) is 25.9 Å². The fraction of sp³-hybridized carbons (Fsp3) is 0.353. The van der Waals surface area contributed by atoms with Crippen LogP contribution in [0.2, 0.25) is 5.02 Å². The maximum Gasteiger partial charge on any atom is 0.281 e. The molecule has 0 bridgehead atoms. The molecule has 2 aromatic rings. The van der Waals surface area contributed by atoms with E-state index in [0.29, 0.717) is 41.9 Å². The summed E-state index contributed by atoms with van der Waals surface area (Å²) >= 11 is 7.05. The Hall–Kier alpha value is -2.76. The lowest BCUT2D eigenvalue weighted by atomic mass is 10.3. The molecule has 10 nitrogen and oxygen atoms in total. The maximum absolute atomic E-state index is 12.4. The summed E-state index contributed by atoms with van der Waals surface area (Å²) in [6, 6.07) is 2.92. The van der Waals surface area contributed by atoms with Gasteiger partial charge in [0.25, 0.3) is 17.7 Å². The fourth-order valence-electron chi connectivity index (χ4n) is 2.49. The van der Waals surface area contributed by atoms with Crippen LogP contribution >= 0.6 is 22.9 Å². The predicted octanol–water partition coefficient (Wildman–Crippen LogP) is 0.528. The van der Waals surface area contributed by atoms with Crippen LogP contribution in [0.5, 0.6) is 0 Å². The molecule has 0 unspecified atom stereocenters. The summed E-state index contributed by atoms with van der Waals surface area (Å²) in [4.78, 5) is 46.9. The summed E-state index contributed by atoms with van der Waals surface area (Å²) in [5.41, 5.74) is 5.25. The molecule has 3 heterocycles. The fourth-order valence-corrected chi connectivity index (χ4v) is 3.66. The van der Waals surface area contributed by atoms with Crippen molar-refractivity contribution in [3.8, 4) is 0 Å². The molecular weight excluding hydrogens is 420 g/mol. The molecule has 3 N–H and O–H groups in total. The van der Waals surface area contributed by atoms with Crippen molar-refractivity contribution in [1.82, 2.24) is 26.1 Å². The highest BCUT2D eigenvalue weighted by molar-refractivity contribution is 7.17. The minimum absolute atomic E-state index is 0.0882. The Morgan fingerprint density at radius 1 is 1.24 bits per heavy atom. The first kappa shape index (κ1) is 21.0. The smallest absolute Gasteiger partial charge is 0.281 e. The number of halogens is 1. The van der Waals surface area contributed by atoms with Crippen LogP contribution in [-0.4, -0.2) is 60.5 Å². The van der Waals surface area contributed by atoms with Gasteiger partial charge in [0.05, 0.1) is 25.5 Å². The number of morpholine rings is 1. The second-order valence-electron chi connectivity index (χ2n) is 6.05. The molecule has 0 spiro atoms. The number of ether oxygens (including phenoxy) is 1. The highest BCUT2D eigenvalue weighted by atomic mass is 35.5. The zero-order valence-electron chi connectivity index (χ0n) is 15.5. The Bertz CT molecular complexity index is 915. The Morgan fingerprint density at radius 2 is 2.00 bits per heavy atom. The van der Waals surface area contributed by atoms with Gasteiger partial charge in [0.15, 0.2) is 5.13 Å². The van der Waals surface area contributed by atoms with E-state index in [9.17, 15) is 14.4 Å². The highest BCUT2D eigenvalue weighted by Gasteiger charge is 2.21. The molecule has 0 saturated carbocycles. The number of hydrogen-bond donors (Lipinski definition) is 3. The van der Waals surface area contributed by atoms with Gasteiger partial charge in [0.2, 0.25) is 0 Å². The lowest BCUT2D eigenvalue weighted by molar-refractivity contribution is -0.120. The lowest BCUT2D eigenvalue weighted by Crippen LogP contribution is -2.46. The zero-order valence-corrected chi connectivity index (χ0v) is 17.1. The van der Waals surface area contributed by atoms with Crippen molar-refractivity contribution >= 4 is 45.8 Å². The van der Waals surface area contributed by atoms with E-state index < -0.39 is 17.7 Å². The van der Waals surface area contributed by atoms with Gasteiger partial charge in [-0.15, -0.1) is 0 Å². The molecule has 0 atom stereocenters. The SMILES string of the molecule is Cc1nc(N2CCOCC2)sc1C(=O)NNC(=O)CNC(=O)c1cc(Cl)ccn1. The van der Waals surface area contributed by atoms with Crippen LogP contribution in [-0.2, 0) is 9.53 Å². The Kier molecular flexibility index (Phi) is 6.96. The molecule has 1 fully saturated rings. The van der Waals surface area contributed by atoms with E-state index in [1.54, 1.807) is 6.92 Å². The van der Waals surface area contributed by atoms with Crippen molar-refractivity contribution in [2.45, 2.75) is 6.92 Å². The Morgan fingerprint density at radius 3 is 2.72 bits per heavy atom. The van der Waals surface area contributed by atoms with Crippen LogP contribution in [0.15, 0.2) is 18.3 Å². The number of hydrogen-bond acceptors (Lipinski definition) is 8. The lowest BCUT2D eigenvalue weighted by Gasteiger charge is -2.25. The van der Waals surface area contributed by atoms with E-state index in [1.165, 1.54) is 29.7 Å². The first-order chi connectivity index (χ1) is 13.9. The summed E-state index contributed by atoms with van der Waals surface area (Å²) in [5, 5.41) is 3.50. The number of aromatic nitrogens is 2. The topological polar surface area (TPSA) is 126 Å². The molecule has 154 valence electrons. The number of hydrazine groups is 1. The number of amides is 3. The summed E-state index contributed by atoms with van der Waals surface area (Å²) in [5.74, 6) is -1.62. The number of nitrogens with zero attached hydrogens (tertiary/aromatic N) is 3. The summed E-state index contributed by atoms with van der Waals surface area (Å²) < 4.78 is 5.31. The van der Waals surface area contributed by atoms with E-state index in [-0.39, 0.29) is 12.2 Å². The first-order valence-electron chi connectivity index (χ1n) is 8.73. The minimum Gasteiger partial charge on any atom is -0.378 e. The molecule has 2 aromatic heterocycles. The predicted molar refractivity (Wildman–Crippen MR) is 107 cm³/mol. The van der Waals surface area contributed by atoms with Crippen molar-refractivity contribution in [2.24, 2.45) is 0 Å². The molecule has 3 amide bonds. The third kappa shape index (κ3) is 5.62. The second kappa shape index (κ2) is 9.63. The van der Waals surface area contributed by atoms with Crippen molar-refractivity contribution in [2.75, 3.05) is 37.7 Å². The molecule has 0 aliphatic carbocycles. The number of rotatable bonds is 5. The van der Waals surface area contributed by atoms with Gasteiger partial charge in [-0.25, -0.2) is 4.98 Å². The van der Waals surface area contributed by atoms with Gasteiger partial charge < -0.3 is 15.0 Å². The van der Waals surface area contributed by atoms with Gasteiger partial charge in [0.1, 0.15) is 10.6 Å². The largest absolute Gasteiger partial charge is 0.378 e. The number of carbonyl (C=O) groups excluding carboxylic acids is 3. The summed E-state index contributed by atoms with van der Waals surface area (Å²) in [6.45, 7) is 4.06. The number of thiazole rings is 1. The van der Waals surface area contributed by atoms with Gasteiger partial charge in [0, 0.05) is 24.3 Å². The van der Waals surface area contributed by atoms with E-state index >= 15 is 0 Å². The Labute approximate surface area is 175 Å². The number of aryl methyl sites for hydroxylation is 1. The molecule has 0 aromatic carbocycles. The summed E-state index contributed by atoms with van der Waals surface area (Å²) in [7, 11) is 0. The summed E-state index contributed by atoms with van der Waals surface area (Å²) in [6.07, 6.45) is 1.39. The first-order valence-corrected chi connectivity index (χ1v) is 9.92. The number of anilines is 1. The highest BCUT2D eigenvalue weighted by Crippen LogP contribution is 2.26. The van der Waals surface area contributed by atoms with Crippen LogP contribution in [0.4, 0.5) is 5.13 Å². The van der Waals surface area contributed by atoms with Crippen LogP contribution < -0.4 is 21.1 Å². The maximum atomic E-state index is 12.4. The second-order valence-corrected chi connectivity index (χ2v) is 7.47. The van der Waals surface area contributed by atoms with Crippen molar-refractivity contribution in [3.63, 3.8) is 0 Å². The quantitative estimate of drug-likeness (QED) is 0.581. The van der Waals surface area contributed by atoms with Gasteiger partial charge in [-0.05, 0) is 19.1 Å². The molecular formula is C17H19ClN6O4S. The molecule has 29 heavy (non-hydrogen) atoms. The van der Waals surface area contributed by atoms with Crippen molar-refractivity contribution in [1.29, 1.82) is 0 Å². The molecule has 1 saturated heterocycles.